The minimum absolute atomic E-state index is 0.0369. The van der Waals surface area contributed by atoms with Crippen molar-refractivity contribution in [1.29, 1.82) is 0 Å². The van der Waals surface area contributed by atoms with E-state index in [1.165, 1.54) is 7.11 Å². The Hall–Kier alpha value is -0.883. The Labute approximate surface area is 122 Å². The zero-order valence-corrected chi connectivity index (χ0v) is 14.6. The van der Waals surface area contributed by atoms with Crippen LogP contribution in [0.25, 0.3) is 0 Å². The standard InChI is InChI=1S/C14H27NO4Si/c1-9(19-20(6,7)14(2,3)4)12-10(15-13(12)17)8-11(16)18-5/h9-10,12H,8H2,1-7H3,(H,15,17)/t9-,10-,12-/m1/s1. The Bertz CT molecular complexity index is 389. The Balaban J connectivity index is 2.68. The number of nitrogens with one attached hydrogen (secondary N) is 1. The summed E-state index contributed by atoms with van der Waals surface area (Å²) < 4.78 is 10.9. The second kappa shape index (κ2) is 5.85. The SMILES string of the molecule is COC(=O)C[C@H]1NC(=O)[C@@H]1[C@@H](C)O[Si](C)(C)C(C)(C)C. The van der Waals surface area contributed by atoms with Crippen LogP contribution in [0.15, 0.2) is 0 Å². The summed E-state index contributed by atoms with van der Waals surface area (Å²) in [5.74, 6) is -0.604. The molecule has 6 heteroatoms. The molecule has 0 aromatic rings. The molecule has 1 aliphatic heterocycles. The molecule has 1 rings (SSSR count). The third-order valence-electron chi connectivity index (χ3n) is 4.47. The first kappa shape index (κ1) is 17.2. The summed E-state index contributed by atoms with van der Waals surface area (Å²) in [7, 11) is -0.562. The van der Waals surface area contributed by atoms with Gasteiger partial charge in [-0.15, -0.1) is 0 Å². The van der Waals surface area contributed by atoms with Crippen LogP contribution in [-0.4, -0.2) is 39.4 Å². The average molecular weight is 301 g/mol. The van der Waals surface area contributed by atoms with Crippen molar-refractivity contribution < 1.29 is 18.8 Å². The number of carbonyl (C=O) groups excluding carboxylic acids is 2. The quantitative estimate of drug-likeness (QED) is 0.480. The topological polar surface area (TPSA) is 64.6 Å². The van der Waals surface area contributed by atoms with E-state index in [1.807, 2.05) is 6.92 Å². The van der Waals surface area contributed by atoms with Crippen molar-refractivity contribution in [3.8, 4) is 0 Å². The van der Waals surface area contributed by atoms with Gasteiger partial charge in [0.05, 0.1) is 31.6 Å². The Kier molecular flexibility index (Phi) is 5.02. The van der Waals surface area contributed by atoms with Crippen LogP contribution >= 0.6 is 0 Å². The van der Waals surface area contributed by atoms with Crippen LogP contribution < -0.4 is 5.32 Å². The first-order chi connectivity index (χ1) is 8.99. The van der Waals surface area contributed by atoms with Gasteiger partial charge in [-0.05, 0) is 25.1 Å². The van der Waals surface area contributed by atoms with Crippen LogP contribution in [0.3, 0.4) is 0 Å². The third-order valence-corrected chi connectivity index (χ3v) is 9.04. The molecular formula is C14H27NO4Si. The zero-order valence-electron chi connectivity index (χ0n) is 13.6. The summed E-state index contributed by atoms with van der Waals surface area (Å²) in [5, 5.41) is 2.86. The molecule has 5 nitrogen and oxygen atoms in total. The normalized spacial score (nSPS) is 24.6. The highest BCUT2D eigenvalue weighted by molar-refractivity contribution is 6.74. The predicted octanol–water partition coefficient (Wildman–Crippen LogP) is 2.07. The maximum atomic E-state index is 11.8. The lowest BCUT2D eigenvalue weighted by atomic mass is 9.84. The van der Waals surface area contributed by atoms with E-state index in [0.717, 1.165) is 0 Å². The molecule has 0 radical (unpaired) electrons. The molecular weight excluding hydrogens is 274 g/mol. The maximum Gasteiger partial charge on any atom is 0.307 e. The van der Waals surface area contributed by atoms with Crippen molar-refractivity contribution in [3.05, 3.63) is 0 Å². The van der Waals surface area contributed by atoms with E-state index in [-0.39, 0.29) is 41.4 Å². The smallest absolute Gasteiger partial charge is 0.307 e. The van der Waals surface area contributed by atoms with E-state index in [0.29, 0.717) is 0 Å². The van der Waals surface area contributed by atoms with Gasteiger partial charge in [0.2, 0.25) is 5.91 Å². The summed E-state index contributed by atoms with van der Waals surface area (Å²) in [6.45, 7) is 12.7. The summed E-state index contributed by atoms with van der Waals surface area (Å²) in [6, 6.07) is -0.172. The summed E-state index contributed by atoms with van der Waals surface area (Å²) in [5.41, 5.74) is 0. The van der Waals surface area contributed by atoms with Gasteiger partial charge in [-0.3, -0.25) is 9.59 Å². The maximum absolute atomic E-state index is 11.8. The summed E-state index contributed by atoms with van der Waals surface area (Å²) in [6.07, 6.45) is 0.0253. The van der Waals surface area contributed by atoms with Gasteiger partial charge >= 0.3 is 5.97 Å². The van der Waals surface area contributed by atoms with E-state index in [9.17, 15) is 9.59 Å². The van der Waals surface area contributed by atoms with Crippen molar-refractivity contribution >= 4 is 20.2 Å². The van der Waals surface area contributed by atoms with Crippen LogP contribution in [0.4, 0.5) is 0 Å². The van der Waals surface area contributed by atoms with Gasteiger partial charge in [0.1, 0.15) is 0 Å². The molecule has 0 bridgehead atoms. The number of ether oxygens (including phenoxy) is 1. The van der Waals surface area contributed by atoms with Gasteiger partial charge in [0.15, 0.2) is 8.32 Å². The number of amides is 1. The van der Waals surface area contributed by atoms with Crippen LogP contribution in [0.5, 0.6) is 0 Å². The Morgan fingerprint density at radius 1 is 1.40 bits per heavy atom. The molecule has 1 heterocycles. The van der Waals surface area contributed by atoms with Gasteiger partial charge < -0.3 is 14.5 Å². The average Bonchev–Trinajstić information content (AvgIpc) is 2.25. The van der Waals surface area contributed by atoms with E-state index in [1.54, 1.807) is 0 Å². The Morgan fingerprint density at radius 2 is 1.95 bits per heavy atom. The second-order valence-corrected chi connectivity index (χ2v) is 11.8. The zero-order chi connectivity index (χ0) is 15.7. The second-order valence-electron chi connectivity index (χ2n) is 7.00. The largest absolute Gasteiger partial charge is 0.469 e. The molecule has 1 amide bonds. The lowest BCUT2D eigenvalue weighted by Crippen LogP contribution is -2.64. The number of methoxy groups -OCH3 is 1. The number of hydrogen-bond acceptors (Lipinski definition) is 4. The molecule has 0 saturated carbocycles. The van der Waals surface area contributed by atoms with Gasteiger partial charge in [0, 0.05) is 0 Å². The van der Waals surface area contributed by atoms with E-state index in [4.69, 9.17) is 4.43 Å². The van der Waals surface area contributed by atoms with Crippen LogP contribution in [-0.2, 0) is 18.8 Å². The molecule has 3 atom stereocenters. The van der Waals surface area contributed by atoms with Crippen LogP contribution in [0.2, 0.25) is 18.1 Å². The number of β-lactam (4-membered cyclic amide) rings is 1. The van der Waals surface area contributed by atoms with Crippen LogP contribution in [0.1, 0.15) is 34.1 Å². The third kappa shape index (κ3) is 3.61. The minimum atomic E-state index is -1.92. The molecule has 0 spiro atoms. The highest BCUT2D eigenvalue weighted by Crippen LogP contribution is 2.39. The van der Waals surface area contributed by atoms with E-state index < -0.39 is 8.32 Å². The molecule has 1 aliphatic rings. The molecule has 20 heavy (non-hydrogen) atoms. The number of carbonyl (C=O) groups is 2. The molecule has 1 saturated heterocycles. The van der Waals surface area contributed by atoms with Crippen molar-refractivity contribution in [3.63, 3.8) is 0 Å². The molecule has 1 fully saturated rings. The summed E-state index contributed by atoms with van der Waals surface area (Å²) in [4.78, 5) is 23.1. The fourth-order valence-electron chi connectivity index (χ4n) is 2.15. The van der Waals surface area contributed by atoms with Gasteiger partial charge in [0.25, 0.3) is 0 Å². The van der Waals surface area contributed by atoms with Crippen molar-refractivity contribution in [2.24, 2.45) is 5.92 Å². The first-order valence-corrected chi connectivity index (χ1v) is 9.95. The van der Waals surface area contributed by atoms with Crippen molar-refractivity contribution in [1.82, 2.24) is 5.32 Å². The number of hydrogen-bond donors (Lipinski definition) is 1. The lowest BCUT2D eigenvalue weighted by molar-refractivity contribution is -0.147. The molecule has 116 valence electrons. The monoisotopic (exact) mass is 301 g/mol. The molecule has 0 unspecified atom stereocenters. The fraction of sp³-hybridized carbons (Fsp3) is 0.857. The van der Waals surface area contributed by atoms with Crippen LogP contribution in [0, 0.1) is 5.92 Å². The highest BCUT2D eigenvalue weighted by atomic mass is 28.4. The molecule has 0 aromatic carbocycles. The molecule has 0 aliphatic carbocycles. The first-order valence-electron chi connectivity index (χ1n) is 7.04. The fourth-order valence-corrected chi connectivity index (χ4v) is 3.58. The van der Waals surface area contributed by atoms with Gasteiger partial charge in [-0.25, -0.2) is 0 Å². The van der Waals surface area contributed by atoms with E-state index >= 15 is 0 Å². The summed E-state index contributed by atoms with van der Waals surface area (Å²) >= 11 is 0. The minimum Gasteiger partial charge on any atom is -0.469 e. The Morgan fingerprint density at radius 3 is 2.35 bits per heavy atom. The number of rotatable bonds is 5. The van der Waals surface area contributed by atoms with Crippen molar-refractivity contribution in [2.45, 2.75) is 64.4 Å². The van der Waals surface area contributed by atoms with Crippen molar-refractivity contribution in [2.75, 3.05) is 7.11 Å². The number of esters is 1. The predicted molar refractivity (Wildman–Crippen MR) is 79.8 cm³/mol. The lowest BCUT2D eigenvalue weighted by Gasteiger charge is -2.45. The highest BCUT2D eigenvalue weighted by Gasteiger charge is 2.47. The molecule has 0 aromatic heterocycles. The van der Waals surface area contributed by atoms with Gasteiger partial charge in [-0.1, -0.05) is 20.8 Å². The van der Waals surface area contributed by atoms with Gasteiger partial charge in [-0.2, -0.15) is 0 Å². The van der Waals surface area contributed by atoms with E-state index in [2.05, 4.69) is 43.9 Å². The molecule has 1 N–H and O–H groups in total.